The van der Waals surface area contributed by atoms with Gasteiger partial charge >= 0.3 is 5.97 Å². The SMILES string of the molecule is COc1ccc(Cl)cc1NC(=O)COC(=O)CCCC(=O)Nc1ccc(Cl)c(Cl)c1. The van der Waals surface area contributed by atoms with Crippen LogP contribution in [0.5, 0.6) is 5.75 Å². The van der Waals surface area contributed by atoms with E-state index in [1.165, 1.54) is 19.2 Å². The molecular weight excluding hydrogens is 455 g/mol. The summed E-state index contributed by atoms with van der Waals surface area (Å²) in [6, 6.07) is 9.46. The van der Waals surface area contributed by atoms with Crippen LogP contribution in [0.3, 0.4) is 0 Å². The Bertz CT molecular complexity index is 937. The summed E-state index contributed by atoms with van der Waals surface area (Å²) in [6.07, 6.45) is 0.347. The van der Waals surface area contributed by atoms with Crippen molar-refractivity contribution >= 4 is 64.0 Å². The molecule has 0 saturated carbocycles. The Hall–Kier alpha value is -2.48. The molecule has 0 saturated heterocycles. The number of hydrogen-bond donors (Lipinski definition) is 2. The van der Waals surface area contributed by atoms with Gasteiger partial charge in [0.2, 0.25) is 5.91 Å². The van der Waals surface area contributed by atoms with E-state index in [9.17, 15) is 14.4 Å². The molecule has 0 aliphatic carbocycles. The van der Waals surface area contributed by atoms with Crippen LogP contribution in [0, 0.1) is 0 Å². The number of ether oxygens (including phenoxy) is 2. The first-order chi connectivity index (χ1) is 14.3. The zero-order valence-corrected chi connectivity index (χ0v) is 18.2. The summed E-state index contributed by atoms with van der Waals surface area (Å²) in [6.45, 7) is -0.468. The number of carbonyl (C=O) groups excluding carboxylic acids is 3. The number of benzene rings is 2. The standard InChI is InChI=1S/C20H19Cl3N2O5/c1-29-17-8-5-12(21)9-16(17)25-19(27)11-30-20(28)4-2-3-18(26)24-13-6-7-14(22)15(23)10-13/h5-10H,2-4,11H2,1H3,(H,24,26)(H,25,27). The van der Waals surface area contributed by atoms with E-state index in [0.717, 1.165) is 0 Å². The third kappa shape index (κ3) is 7.74. The van der Waals surface area contributed by atoms with E-state index in [4.69, 9.17) is 44.3 Å². The van der Waals surface area contributed by atoms with Crippen LogP contribution in [0.15, 0.2) is 36.4 Å². The predicted molar refractivity (Wildman–Crippen MR) is 117 cm³/mol. The highest BCUT2D eigenvalue weighted by atomic mass is 35.5. The van der Waals surface area contributed by atoms with Gasteiger partial charge in [-0.1, -0.05) is 34.8 Å². The maximum Gasteiger partial charge on any atom is 0.306 e. The Morgan fingerprint density at radius 2 is 1.67 bits per heavy atom. The summed E-state index contributed by atoms with van der Waals surface area (Å²) >= 11 is 17.6. The van der Waals surface area contributed by atoms with E-state index >= 15 is 0 Å². The molecule has 7 nitrogen and oxygen atoms in total. The first-order valence-electron chi connectivity index (χ1n) is 8.82. The maximum atomic E-state index is 12.0. The van der Waals surface area contributed by atoms with Gasteiger partial charge in [-0.05, 0) is 42.8 Å². The van der Waals surface area contributed by atoms with Crippen LogP contribution in [0.25, 0.3) is 0 Å². The van der Waals surface area contributed by atoms with E-state index in [0.29, 0.717) is 32.2 Å². The van der Waals surface area contributed by atoms with E-state index in [1.54, 1.807) is 24.3 Å². The first kappa shape index (κ1) is 23.8. The van der Waals surface area contributed by atoms with Gasteiger partial charge in [0.15, 0.2) is 6.61 Å². The lowest BCUT2D eigenvalue weighted by molar-refractivity contribution is -0.147. The Kier molecular flexibility index (Phi) is 9.23. The lowest BCUT2D eigenvalue weighted by Crippen LogP contribution is -2.21. The topological polar surface area (TPSA) is 93.7 Å². The smallest absolute Gasteiger partial charge is 0.306 e. The average Bonchev–Trinajstić information content (AvgIpc) is 2.69. The third-order valence-electron chi connectivity index (χ3n) is 3.79. The van der Waals surface area contributed by atoms with E-state index in [1.807, 2.05) is 0 Å². The maximum absolute atomic E-state index is 12.0. The van der Waals surface area contributed by atoms with Crippen molar-refractivity contribution in [2.45, 2.75) is 19.3 Å². The molecule has 0 aliphatic heterocycles. The van der Waals surface area contributed by atoms with Gasteiger partial charge in [0.05, 0.1) is 22.8 Å². The van der Waals surface area contributed by atoms with Gasteiger partial charge < -0.3 is 20.1 Å². The van der Waals surface area contributed by atoms with E-state index in [2.05, 4.69) is 10.6 Å². The molecule has 0 spiro atoms. The van der Waals surface area contributed by atoms with Crippen LogP contribution in [-0.2, 0) is 19.1 Å². The van der Waals surface area contributed by atoms with Crippen molar-refractivity contribution in [3.8, 4) is 5.75 Å². The van der Waals surface area contributed by atoms with Gasteiger partial charge in [-0.25, -0.2) is 0 Å². The number of carbonyl (C=O) groups is 3. The first-order valence-corrected chi connectivity index (χ1v) is 9.96. The van der Waals surface area contributed by atoms with Crippen LogP contribution >= 0.6 is 34.8 Å². The number of halogens is 3. The Balaban J connectivity index is 1.69. The molecule has 10 heteroatoms. The van der Waals surface area contributed by atoms with Crippen molar-refractivity contribution in [3.05, 3.63) is 51.5 Å². The molecule has 0 heterocycles. The van der Waals surface area contributed by atoms with Crippen molar-refractivity contribution in [2.75, 3.05) is 24.4 Å². The van der Waals surface area contributed by atoms with E-state index < -0.39 is 18.5 Å². The number of hydrogen-bond acceptors (Lipinski definition) is 5. The molecule has 2 aromatic carbocycles. The van der Waals surface area contributed by atoms with Crippen LogP contribution in [0.1, 0.15) is 19.3 Å². The molecule has 0 radical (unpaired) electrons. The minimum absolute atomic E-state index is 0.0113. The number of esters is 1. The van der Waals surface area contributed by atoms with Crippen LogP contribution in [0.2, 0.25) is 15.1 Å². The highest BCUT2D eigenvalue weighted by Crippen LogP contribution is 2.27. The number of methoxy groups -OCH3 is 1. The average molecular weight is 474 g/mol. The van der Waals surface area contributed by atoms with Crippen LogP contribution < -0.4 is 15.4 Å². The molecule has 2 amide bonds. The van der Waals surface area contributed by atoms with E-state index in [-0.39, 0.29) is 25.2 Å². The second-order valence-electron chi connectivity index (χ2n) is 6.08. The Morgan fingerprint density at radius 3 is 2.37 bits per heavy atom. The minimum Gasteiger partial charge on any atom is -0.495 e. The summed E-state index contributed by atoms with van der Waals surface area (Å²) in [7, 11) is 1.45. The monoisotopic (exact) mass is 472 g/mol. The van der Waals surface area contributed by atoms with Crippen molar-refractivity contribution < 1.29 is 23.9 Å². The van der Waals surface area contributed by atoms with Gasteiger partial charge in [0, 0.05) is 23.6 Å². The molecule has 0 atom stereocenters. The highest BCUT2D eigenvalue weighted by Gasteiger charge is 2.12. The molecule has 0 bridgehead atoms. The Morgan fingerprint density at radius 1 is 0.900 bits per heavy atom. The fourth-order valence-corrected chi connectivity index (χ4v) is 2.84. The molecule has 0 aliphatic rings. The van der Waals surface area contributed by atoms with Crippen molar-refractivity contribution in [2.24, 2.45) is 0 Å². The van der Waals surface area contributed by atoms with Crippen molar-refractivity contribution in [1.29, 1.82) is 0 Å². The van der Waals surface area contributed by atoms with Crippen molar-refractivity contribution in [1.82, 2.24) is 0 Å². The minimum atomic E-state index is -0.592. The largest absolute Gasteiger partial charge is 0.495 e. The summed E-state index contributed by atoms with van der Waals surface area (Å²) in [4.78, 5) is 35.7. The molecule has 160 valence electrons. The molecule has 2 N–H and O–H groups in total. The second-order valence-corrected chi connectivity index (χ2v) is 7.33. The fourth-order valence-electron chi connectivity index (χ4n) is 2.37. The van der Waals surface area contributed by atoms with Gasteiger partial charge in [0.1, 0.15) is 5.75 Å². The highest BCUT2D eigenvalue weighted by molar-refractivity contribution is 6.42. The summed E-state index contributed by atoms with van der Waals surface area (Å²) in [5.74, 6) is -0.995. The fraction of sp³-hybridized carbons (Fsp3) is 0.250. The number of nitrogens with one attached hydrogen (secondary N) is 2. The molecule has 2 rings (SSSR count). The third-order valence-corrected chi connectivity index (χ3v) is 4.76. The lowest BCUT2D eigenvalue weighted by Gasteiger charge is -2.11. The zero-order chi connectivity index (χ0) is 22.1. The zero-order valence-electron chi connectivity index (χ0n) is 16.0. The molecule has 2 aromatic rings. The number of amides is 2. The summed E-state index contributed by atoms with van der Waals surface area (Å²) in [5.41, 5.74) is 0.870. The lowest BCUT2D eigenvalue weighted by atomic mass is 10.2. The van der Waals surface area contributed by atoms with Gasteiger partial charge in [-0.3, -0.25) is 14.4 Å². The molecule has 0 fully saturated rings. The number of anilines is 2. The Labute approximate surface area is 188 Å². The van der Waals surface area contributed by atoms with Gasteiger partial charge in [-0.15, -0.1) is 0 Å². The predicted octanol–water partition coefficient (Wildman–Crippen LogP) is 4.95. The van der Waals surface area contributed by atoms with Crippen LogP contribution in [-0.4, -0.2) is 31.5 Å². The summed E-state index contributed by atoms with van der Waals surface area (Å²) < 4.78 is 10.0. The van der Waals surface area contributed by atoms with Crippen molar-refractivity contribution in [3.63, 3.8) is 0 Å². The normalized spacial score (nSPS) is 10.3. The van der Waals surface area contributed by atoms with Gasteiger partial charge in [0.25, 0.3) is 5.91 Å². The summed E-state index contributed by atoms with van der Waals surface area (Å²) in [5, 5.41) is 6.34. The molecule has 0 aromatic heterocycles. The second kappa shape index (κ2) is 11.6. The molecular formula is C20H19Cl3N2O5. The van der Waals surface area contributed by atoms with Crippen LogP contribution in [0.4, 0.5) is 11.4 Å². The van der Waals surface area contributed by atoms with Gasteiger partial charge in [-0.2, -0.15) is 0 Å². The quantitative estimate of drug-likeness (QED) is 0.503. The number of rotatable bonds is 9. The molecule has 30 heavy (non-hydrogen) atoms. The molecule has 0 unspecified atom stereocenters.